The zero-order valence-electron chi connectivity index (χ0n) is 15.7. The first kappa shape index (κ1) is 17.9. The Morgan fingerprint density at radius 2 is 1.68 bits per heavy atom. The molecule has 0 saturated carbocycles. The molecule has 6 nitrogen and oxygen atoms in total. The minimum atomic E-state index is 0.220. The molecule has 3 aromatic carbocycles. The molecule has 0 spiro atoms. The highest BCUT2D eigenvalue weighted by Gasteiger charge is 2.11. The van der Waals surface area contributed by atoms with Crippen LogP contribution in [-0.2, 0) is 13.0 Å². The Hall–Kier alpha value is -3.54. The maximum atomic E-state index is 5.80. The number of nitrogens with zero attached hydrogens (tertiary/aromatic N) is 2. The summed E-state index contributed by atoms with van der Waals surface area (Å²) in [6.07, 6.45) is 0.528. The highest BCUT2D eigenvalue weighted by molar-refractivity contribution is 5.83. The van der Waals surface area contributed by atoms with Gasteiger partial charge >= 0.3 is 0 Å². The fraction of sp³-hybridized carbons (Fsp3) is 0.182. The van der Waals surface area contributed by atoms with Crippen molar-refractivity contribution < 1.29 is 18.7 Å². The molecule has 0 fully saturated rings. The molecule has 0 atom stereocenters. The van der Waals surface area contributed by atoms with Gasteiger partial charge in [0.1, 0.15) is 5.75 Å². The van der Waals surface area contributed by atoms with Crippen LogP contribution in [0.5, 0.6) is 17.2 Å². The quantitative estimate of drug-likeness (QED) is 0.476. The zero-order chi connectivity index (χ0) is 19.3. The molecule has 4 aromatic rings. The Morgan fingerprint density at radius 1 is 0.857 bits per heavy atom. The van der Waals surface area contributed by atoms with Crippen molar-refractivity contribution in [2.75, 3.05) is 14.2 Å². The summed E-state index contributed by atoms with van der Waals surface area (Å²) in [6, 6.07) is 19.8. The number of hydrogen-bond acceptors (Lipinski definition) is 6. The highest BCUT2D eigenvalue weighted by Crippen LogP contribution is 2.28. The summed E-state index contributed by atoms with van der Waals surface area (Å²) in [4.78, 5) is 4.41. The van der Waals surface area contributed by atoms with Gasteiger partial charge in [0.05, 0.1) is 14.2 Å². The lowest BCUT2D eigenvalue weighted by Crippen LogP contribution is -1.97. The van der Waals surface area contributed by atoms with Crippen LogP contribution in [0.4, 0.5) is 0 Å². The number of aromatic nitrogens is 2. The lowest BCUT2D eigenvalue weighted by Gasteiger charge is -2.08. The van der Waals surface area contributed by atoms with Crippen LogP contribution >= 0.6 is 0 Å². The van der Waals surface area contributed by atoms with Gasteiger partial charge in [0.15, 0.2) is 23.9 Å². The molecule has 142 valence electrons. The van der Waals surface area contributed by atoms with Crippen molar-refractivity contribution in [3.8, 4) is 17.2 Å². The van der Waals surface area contributed by atoms with E-state index in [1.165, 1.54) is 5.39 Å². The minimum absolute atomic E-state index is 0.220. The van der Waals surface area contributed by atoms with Gasteiger partial charge < -0.3 is 18.7 Å². The van der Waals surface area contributed by atoms with Crippen molar-refractivity contribution in [3.05, 3.63) is 77.9 Å². The smallest absolute Gasteiger partial charge is 0.264 e. The van der Waals surface area contributed by atoms with E-state index < -0.39 is 0 Å². The highest BCUT2D eigenvalue weighted by atomic mass is 16.5. The van der Waals surface area contributed by atoms with E-state index in [2.05, 4.69) is 22.3 Å². The second-order valence-electron chi connectivity index (χ2n) is 6.27. The second kappa shape index (κ2) is 8.00. The van der Waals surface area contributed by atoms with Crippen LogP contribution in [-0.4, -0.2) is 24.4 Å². The number of hydrogen-bond donors (Lipinski definition) is 0. The fourth-order valence-corrected chi connectivity index (χ4v) is 3.00. The second-order valence-corrected chi connectivity index (χ2v) is 6.27. The average Bonchev–Trinajstić information content (AvgIpc) is 3.19. The Kier molecular flexibility index (Phi) is 5.10. The molecular weight excluding hydrogens is 356 g/mol. The van der Waals surface area contributed by atoms with Gasteiger partial charge in [0.2, 0.25) is 0 Å². The van der Waals surface area contributed by atoms with Crippen LogP contribution in [0.15, 0.2) is 65.2 Å². The lowest BCUT2D eigenvalue weighted by atomic mass is 10.1. The van der Waals surface area contributed by atoms with E-state index in [-0.39, 0.29) is 6.61 Å². The van der Waals surface area contributed by atoms with Gasteiger partial charge in [-0.2, -0.15) is 4.98 Å². The predicted octanol–water partition coefficient (Wildman–Crippen LogP) is 4.41. The third-order valence-electron chi connectivity index (χ3n) is 4.40. The summed E-state index contributed by atoms with van der Waals surface area (Å²) in [5.41, 5.74) is 1.00. The maximum absolute atomic E-state index is 5.80. The number of fused-ring (bicyclic) bond motifs is 1. The summed E-state index contributed by atoms with van der Waals surface area (Å²) in [6.45, 7) is 0.220. The van der Waals surface area contributed by atoms with E-state index in [9.17, 15) is 0 Å². The van der Waals surface area contributed by atoms with Gasteiger partial charge in [0, 0.05) is 6.42 Å². The standard InChI is InChI=1S/C22H20N2O4/c1-25-19-10-7-15(11-20(19)26-2)12-21-23-22(28-24-21)14-27-18-9-8-16-5-3-4-6-17(16)13-18/h3-11,13H,12,14H2,1-2H3. The SMILES string of the molecule is COc1ccc(Cc2noc(COc3ccc4ccccc4c3)n2)cc1OC. The maximum Gasteiger partial charge on any atom is 0.264 e. The van der Waals surface area contributed by atoms with Crippen molar-refractivity contribution in [2.24, 2.45) is 0 Å². The van der Waals surface area contributed by atoms with Crippen molar-refractivity contribution >= 4 is 10.8 Å². The molecule has 0 radical (unpaired) electrons. The van der Waals surface area contributed by atoms with Crippen molar-refractivity contribution in [1.29, 1.82) is 0 Å². The van der Waals surface area contributed by atoms with Gasteiger partial charge in [-0.1, -0.05) is 41.6 Å². The molecule has 6 heteroatoms. The summed E-state index contributed by atoms with van der Waals surface area (Å²) in [5, 5.41) is 6.33. The number of ether oxygens (including phenoxy) is 3. The van der Waals surface area contributed by atoms with Gasteiger partial charge in [-0.05, 0) is 40.6 Å². The topological polar surface area (TPSA) is 66.6 Å². The zero-order valence-corrected chi connectivity index (χ0v) is 15.7. The number of rotatable bonds is 7. The van der Waals surface area contributed by atoms with E-state index in [1.807, 2.05) is 48.5 Å². The summed E-state index contributed by atoms with van der Waals surface area (Å²) in [5.74, 6) is 3.14. The molecule has 0 aliphatic heterocycles. The van der Waals surface area contributed by atoms with Crippen molar-refractivity contribution in [2.45, 2.75) is 13.0 Å². The lowest BCUT2D eigenvalue weighted by molar-refractivity contribution is 0.243. The Bertz CT molecular complexity index is 1090. The van der Waals surface area contributed by atoms with Crippen molar-refractivity contribution in [1.82, 2.24) is 10.1 Å². The normalized spacial score (nSPS) is 10.8. The summed E-state index contributed by atoms with van der Waals surface area (Å²) >= 11 is 0. The first-order valence-electron chi connectivity index (χ1n) is 8.89. The molecule has 0 N–H and O–H groups in total. The first-order chi connectivity index (χ1) is 13.7. The van der Waals surface area contributed by atoms with Crippen LogP contribution in [0.2, 0.25) is 0 Å². The van der Waals surface area contributed by atoms with E-state index in [0.717, 1.165) is 16.7 Å². The van der Waals surface area contributed by atoms with Crippen LogP contribution < -0.4 is 14.2 Å². The number of benzene rings is 3. The molecule has 1 heterocycles. The van der Waals surface area contributed by atoms with Crippen LogP contribution in [0.25, 0.3) is 10.8 Å². The Labute approximate surface area is 162 Å². The Morgan fingerprint density at radius 3 is 2.50 bits per heavy atom. The molecule has 28 heavy (non-hydrogen) atoms. The van der Waals surface area contributed by atoms with Crippen LogP contribution in [0.3, 0.4) is 0 Å². The van der Waals surface area contributed by atoms with E-state index in [0.29, 0.717) is 29.6 Å². The van der Waals surface area contributed by atoms with Crippen molar-refractivity contribution in [3.63, 3.8) is 0 Å². The molecule has 0 unspecified atom stereocenters. The van der Waals surface area contributed by atoms with Gasteiger partial charge in [-0.3, -0.25) is 0 Å². The third-order valence-corrected chi connectivity index (χ3v) is 4.40. The van der Waals surface area contributed by atoms with Crippen LogP contribution in [0, 0.1) is 0 Å². The molecule has 0 bridgehead atoms. The average molecular weight is 376 g/mol. The molecule has 0 aliphatic carbocycles. The minimum Gasteiger partial charge on any atom is -0.493 e. The fourth-order valence-electron chi connectivity index (χ4n) is 3.00. The number of methoxy groups -OCH3 is 2. The predicted molar refractivity (Wildman–Crippen MR) is 105 cm³/mol. The van der Waals surface area contributed by atoms with Gasteiger partial charge in [0.25, 0.3) is 5.89 Å². The van der Waals surface area contributed by atoms with Gasteiger partial charge in [-0.25, -0.2) is 0 Å². The third kappa shape index (κ3) is 3.91. The molecule has 1 aromatic heterocycles. The van der Waals surface area contributed by atoms with E-state index in [1.54, 1.807) is 14.2 Å². The molecule has 4 rings (SSSR count). The molecule has 0 amide bonds. The van der Waals surface area contributed by atoms with Gasteiger partial charge in [-0.15, -0.1) is 0 Å². The first-order valence-corrected chi connectivity index (χ1v) is 8.89. The van der Waals surface area contributed by atoms with Crippen LogP contribution in [0.1, 0.15) is 17.3 Å². The molecular formula is C22H20N2O4. The summed E-state index contributed by atoms with van der Waals surface area (Å²) in [7, 11) is 3.22. The summed E-state index contributed by atoms with van der Waals surface area (Å²) < 4.78 is 21.7. The largest absolute Gasteiger partial charge is 0.493 e. The molecule has 0 aliphatic rings. The van der Waals surface area contributed by atoms with E-state index >= 15 is 0 Å². The monoisotopic (exact) mass is 376 g/mol. The molecule has 0 saturated heterocycles. The van der Waals surface area contributed by atoms with E-state index in [4.69, 9.17) is 18.7 Å². The Balaban J connectivity index is 1.41.